The molecule has 4 heterocycles. The number of imidazole rings is 1. The SMILES string of the molecule is CCc1cnc(-c2cc3sccc3n2C)n1CCOc1ccc(OCC2CCNCC2)cc1.O=C(O)C(F)(F)F. The molecule has 3 aromatic heterocycles. The third-order valence-electron chi connectivity index (χ3n) is 6.79. The number of thiophene rings is 1. The summed E-state index contributed by atoms with van der Waals surface area (Å²) in [5, 5.41) is 12.7. The molecule has 0 atom stereocenters. The highest BCUT2D eigenvalue weighted by atomic mass is 32.1. The summed E-state index contributed by atoms with van der Waals surface area (Å²) in [6.45, 7) is 6.51. The van der Waals surface area contributed by atoms with Gasteiger partial charge < -0.3 is 29.0 Å². The lowest BCUT2D eigenvalue weighted by molar-refractivity contribution is -0.192. The molecule has 0 radical (unpaired) electrons. The smallest absolute Gasteiger partial charge is 0.490 e. The van der Waals surface area contributed by atoms with Crippen molar-refractivity contribution in [1.29, 1.82) is 0 Å². The van der Waals surface area contributed by atoms with Crippen LogP contribution in [0.1, 0.15) is 25.5 Å². The van der Waals surface area contributed by atoms with E-state index in [1.807, 2.05) is 30.5 Å². The van der Waals surface area contributed by atoms with E-state index in [-0.39, 0.29) is 0 Å². The van der Waals surface area contributed by atoms with Crippen LogP contribution in [0.3, 0.4) is 0 Å². The summed E-state index contributed by atoms with van der Waals surface area (Å²) in [6.07, 6.45) is 0.232. The van der Waals surface area contributed by atoms with Crippen LogP contribution in [0.4, 0.5) is 13.2 Å². The predicted molar refractivity (Wildman–Crippen MR) is 148 cm³/mol. The molecule has 2 N–H and O–H groups in total. The van der Waals surface area contributed by atoms with Gasteiger partial charge in [0, 0.05) is 18.9 Å². The van der Waals surface area contributed by atoms with Crippen LogP contribution in [0.15, 0.2) is 48.0 Å². The molecule has 1 fully saturated rings. The first-order chi connectivity index (χ1) is 19.2. The number of aryl methyl sites for hydroxylation is 2. The summed E-state index contributed by atoms with van der Waals surface area (Å²) in [5.41, 5.74) is 3.62. The Morgan fingerprint density at radius 2 is 1.80 bits per heavy atom. The minimum absolute atomic E-state index is 0.588. The minimum Gasteiger partial charge on any atom is -0.493 e. The van der Waals surface area contributed by atoms with Crippen LogP contribution < -0.4 is 14.8 Å². The van der Waals surface area contributed by atoms with Crippen molar-refractivity contribution >= 4 is 27.5 Å². The number of carbonyl (C=O) groups is 1. The number of rotatable bonds is 9. The number of aliphatic carboxylic acids is 1. The Balaban J connectivity index is 0.000000470. The fourth-order valence-electron chi connectivity index (χ4n) is 4.56. The van der Waals surface area contributed by atoms with Gasteiger partial charge in [0.15, 0.2) is 5.82 Å². The maximum Gasteiger partial charge on any atom is 0.490 e. The van der Waals surface area contributed by atoms with Crippen molar-refractivity contribution in [3.05, 3.63) is 53.7 Å². The summed E-state index contributed by atoms with van der Waals surface area (Å²) in [5.74, 6) is 0.674. The van der Waals surface area contributed by atoms with Crippen LogP contribution in [-0.4, -0.2) is 57.7 Å². The van der Waals surface area contributed by atoms with Crippen LogP contribution in [-0.2, 0) is 24.8 Å². The number of fused-ring (bicyclic) bond motifs is 1. The number of benzene rings is 1. The lowest BCUT2D eigenvalue weighted by Crippen LogP contribution is -2.30. The van der Waals surface area contributed by atoms with Gasteiger partial charge >= 0.3 is 12.1 Å². The number of piperidine rings is 1. The lowest BCUT2D eigenvalue weighted by atomic mass is 9.99. The van der Waals surface area contributed by atoms with Gasteiger partial charge in [-0.05, 0) is 80.0 Å². The first-order valence-corrected chi connectivity index (χ1v) is 14.0. The van der Waals surface area contributed by atoms with E-state index >= 15 is 0 Å². The van der Waals surface area contributed by atoms with Crippen LogP contribution >= 0.6 is 11.3 Å². The van der Waals surface area contributed by atoms with E-state index < -0.39 is 12.1 Å². The monoisotopic (exact) mass is 578 g/mol. The molecule has 0 bridgehead atoms. The average Bonchev–Trinajstić information content (AvgIpc) is 3.65. The second kappa shape index (κ2) is 13.2. The van der Waals surface area contributed by atoms with E-state index in [1.165, 1.54) is 28.8 Å². The fraction of sp³-hybridized carbons (Fsp3) is 0.429. The first kappa shape index (κ1) is 29.5. The maximum absolute atomic E-state index is 10.6. The second-order valence-corrected chi connectivity index (χ2v) is 10.4. The summed E-state index contributed by atoms with van der Waals surface area (Å²) < 4.78 is 49.6. The Kier molecular flexibility index (Phi) is 9.75. The number of carboxylic acids is 1. The van der Waals surface area contributed by atoms with E-state index in [9.17, 15) is 13.2 Å². The largest absolute Gasteiger partial charge is 0.493 e. The predicted octanol–water partition coefficient (Wildman–Crippen LogP) is 5.76. The van der Waals surface area contributed by atoms with Crippen LogP contribution in [0, 0.1) is 5.92 Å². The molecule has 0 unspecified atom stereocenters. The molecular formula is C28H33F3N4O4S. The molecule has 1 aromatic carbocycles. The number of nitrogens with zero attached hydrogens (tertiary/aromatic N) is 3. The van der Waals surface area contributed by atoms with Crippen molar-refractivity contribution in [3.8, 4) is 23.0 Å². The van der Waals surface area contributed by atoms with E-state index in [1.54, 1.807) is 11.3 Å². The Morgan fingerprint density at radius 3 is 2.40 bits per heavy atom. The molecule has 5 rings (SSSR count). The summed E-state index contributed by atoms with van der Waals surface area (Å²) in [4.78, 5) is 13.7. The number of nitrogens with one attached hydrogen (secondary N) is 1. The first-order valence-electron chi connectivity index (χ1n) is 13.1. The number of hydrogen-bond donors (Lipinski definition) is 2. The Hall–Kier alpha value is -3.51. The summed E-state index contributed by atoms with van der Waals surface area (Å²) in [7, 11) is 2.11. The topological polar surface area (TPSA) is 90.5 Å². The summed E-state index contributed by atoms with van der Waals surface area (Å²) in [6, 6.07) is 12.4. The van der Waals surface area contributed by atoms with Crippen molar-refractivity contribution in [1.82, 2.24) is 19.4 Å². The molecule has 0 spiro atoms. The molecule has 12 heteroatoms. The fourth-order valence-corrected chi connectivity index (χ4v) is 5.41. The van der Waals surface area contributed by atoms with Crippen molar-refractivity contribution in [2.24, 2.45) is 13.0 Å². The van der Waals surface area contributed by atoms with Crippen molar-refractivity contribution in [3.63, 3.8) is 0 Å². The number of alkyl halides is 3. The van der Waals surface area contributed by atoms with Gasteiger partial charge in [-0.2, -0.15) is 13.2 Å². The molecule has 4 aromatic rings. The zero-order valence-electron chi connectivity index (χ0n) is 22.4. The molecule has 40 heavy (non-hydrogen) atoms. The molecule has 1 aliphatic heterocycles. The van der Waals surface area contributed by atoms with Gasteiger partial charge in [-0.3, -0.25) is 0 Å². The van der Waals surface area contributed by atoms with E-state index in [0.29, 0.717) is 12.5 Å². The zero-order valence-corrected chi connectivity index (χ0v) is 23.2. The molecule has 1 aliphatic rings. The normalized spacial score (nSPS) is 14.1. The van der Waals surface area contributed by atoms with Gasteiger partial charge in [-0.15, -0.1) is 11.3 Å². The lowest BCUT2D eigenvalue weighted by Gasteiger charge is -2.22. The Morgan fingerprint density at radius 1 is 1.15 bits per heavy atom. The quantitative estimate of drug-likeness (QED) is 0.263. The molecule has 8 nitrogen and oxygen atoms in total. The van der Waals surface area contributed by atoms with Gasteiger partial charge in [0.25, 0.3) is 0 Å². The number of hydrogen-bond acceptors (Lipinski definition) is 6. The minimum atomic E-state index is -5.08. The van der Waals surface area contributed by atoms with Crippen molar-refractivity contribution < 1.29 is 32.5 Å². The molecular weight excluding hydrogens is 545 g/mol. The molecule has 216 valence electrons. The highest BCUT2D eigenvalue weighted by molar-refractivity contribution is 7.17. The van der Waals surface area contributed by atoms with Crippen molar-refractivity contribution in [2.75, 3.05) is 26.3 Å². The van der Waals surface area contributed by atoms with Gasteiger partial charge in [-0.25, -0.2) is 9.78 Å². The van der Waals surface area contributed by atoms with Gasteiger partial charge in [0.1, 0.15) is 18.1 Å². The third kappa shape index (κ3) is 7.36. The average molecular weight is 579 g/mol. The summed E-state index contributed by atoms with van der Waals surface area (Å²) >= 11 is 1.77. The van der Waals surface area contributed by atoms with Gasteiger partial charge in [0.2, 0.25) is 0 Å². The molecule has 1 saturated heterocycles. The van der Waals surface area contributed by atoms with E-state index in [2.05, 4.69) is 45.9 Å². The molecule has 0 amide bonds. The molecule has 0 saturated carbocycles. The van der Waals surface area contributed by atoms with Crippen LogP contribution in [0.5, 0.6) is 11.5 Å². The highest BCUT2D eigenvalue weighted by Crippen LogP contribution is 2.30. The van der Waals surface area contributed by atoms with Crippen LogP contribution in [0.25, 0.3) is 21.7 Å². The second-order valence-electron chi connectivity index (χ2n) is 9.46. The molecule has 0 aliphatic carbocycles. The van der Waals surface area contributed by atoms with Crippen molar-refractivity contribution in [2.45, 2.75) is 38.9 Å². The number of ether oxygens (including phenoxy) is 2. The van der Waals surface area contributed by atoms with E-state index in [0.717, 1.165) is 55.7 Å². The highest BCUT2D eigenvalue weighted by Gasteiger charge is 2.38. The standard InChI is InChI=1S/C26H32N4O2S.C2HF3O2/c1-3-20-17-28-26(24-16-25-23(29(24)2)10-15-33-25)30(20)13-14-31-21-4-6-22(7-5-21)32-18-19-8-11-27-12-9-19;3-2(4,5)1(6)7/h4-7,10,15-17,19,27H,3,8-9,11-14,18H2,1-2H3;(H,6,7). The zero-order chi connectivity index (χ0) is 28.7. The number of carboxylic acid groups (broad SMARTS) is 1. The number of halogens is 3. The number of aromatic nitrogens is 3. The third-order valence-corrected chi connectivity index (χ3v) is 7.64. The Bertz CT molecular complexity index is 1390. The maximum atomic E-state index is 10.6. The van der Waals surface area contributed by atoms with Gasteiger partial charge in [-0.1, -0.05) is 6.92 Å². The van der Waals surface area contributed by atoms with Crippen LogP contribution in [0.2, 0.25) is 0 Å². The van der Waals surface area contributed by atoms with Gasteiger partial charge in [0.05, 0.1) is 29.1 Å². The Labute approximate surface area is 234 Å². The van der Waals surface area contributed by atoms with E-state index in [4.69, 9.17) is 24.4 Å².